The van der Waals surface area contributed by atoms with E-state index in [1.807, 2.05) is 0 Å². The lowest BCUT2D eigenvalue weighted by atomic mass is 10.1. The van der Waals surface area contributed by atoms with Gasteiger partial charge in [-0.15, -0.1) is 0 Å². The number of rotatable bonds is 6. The molecule has 3 N–H and O–H groups in total. The van der Waals surface area contributed by atoms with Crippen LogP contribution in [0.2, 0.25) is 0 Å². The number of sulfonamides is 1. The predicted octanol–water partition coefficient (Wildman–Crippen LogP) is 3.79. The van der Waals surface area contributed by atoms with Crippen molar-refractivity contribution in [1.82, 2.24) is 0 Å². The molecule has 142 valence electrons. The Morgan fingerprint density at radius 2 is 1.57 bits per heavy atom. The highest BCUT2D eigenvalue weighted by atomic mass is 32.2. The summed E-state index contributed by atoms with van der Waals surface area (Å²) in [6.07, 6.45) is 2.97. The first-order valence-corrected chi connectivity index (χ1v) is 9.75. The topological polar surface area (TPSA) is 104 Å². The quantitative estimate of drug-likeness (QED) is 0.435. The summed E-state index contributed by atoms with van der Waals surface area (Å²) in [5, 5.41) is 18.7. The molecule has 0 aliphatic carbocycles. The van der Waals surface area contributed by atoms with Crippen molar-refractivity contribution in [3.05, 3.63) is 90.0 Å². The van der Waals surface area contributed by atoms with Crippen LogP contribution in [0.4, 0.5) is 5.69 Å². The number of allylic oxidation sites excluding steroid dienone is 1. The van der Waals surface area contributed by atoms with E-state index >= 15 is 0 Å². The Morgan fingerprint density at radius 1 is 0.857 bits per heavy atom. The fraction of sp³-hybridized carbons (Fsp3) is 0. The van der Waals surface area contributed by atoms with E-state index in [1.165, 1.54) is 48.5 Å². The van der Waals surface area contributed by atoms with Crippen molar-refractivity contribution in [2.45, 2.75) is 4.90 Å². The van der Waals surface area contributed by atoms with Crippen molar-refractivity contribution >= 4 is 27.6 Å². The molecule has 28 heavy (non-hydrogen) atoms. The maximum absolute atomic E-state index is 12.4. The Bertz CT molecular complexity index is 1140. The molecule has 0 aromatic heterocycles. The first-order valence-electron chi connectivity index (χ1n) is 8.27. The molecule has 0 radical (unpaired) electrons. The SMILES string of the molecule is O=C(C=Cc1ccc(O)cc1)c1cccc(NS(=O)(=O)c2cccc(O)c2)c1. The Hall–Kier alpha value is -3.58. The molecule has 0 aliphatic rings. The summed E-state index contributed by atoms with van der Waals surface area (Å²) in [7, 11) is -3.90. The highest BCUT2D eigenvalue weighted by molar-refractivity contribution is 7.92. The zero-order valence-electron chi connectivity index (χ0n) is 14.6. The van der Waals surface area contributed by atoms with Gasteiger partial charge in [0, 0.05) is 17.3 Å². The van der Waals surface area contributed by atoms with Crippen molar-refractivity contribution in [3.63, 3.8) is 0 Å². The second-order valence-electron chi connectivity index (χ2n) is 5.97. The molecule has 7 heteroatoms. The fourth-order valence-electron chi connectivity index (χ4n) is 2.45. The second kappa shape index (κ2) is 7.98. The summed E-state index contributed by atoms with van der Waals surface area (Å²) in [6, 6.07) is 17.8. The van der Waals surface area contributed by atoms with Gasteiger partial charge in [-0.2, -0.15) is 0 Å². The minimum atomic E-state index is -3.90. The van der Waals surface area contributed by atoms with Gasteiger partial charge in [-0.25, -0.2) is 8.42 Å². The monoisotopic (exact) mass is 395 g/mol. The average molecular weight is 395 g/mol. The first kappa shape index (κ1) is 19.2. The lowest BCUT2D eigenvalue weighted by Crippen LogP contribution is -2.13. The van der Waals surface area contributed by atoms with Gasteiger partial charge in [-0.3, -0.25) is 9.52 Å². The van der Waals surface area contributed by atoms with Gasteiger partial charge >= 0.3 is 0 Å². The number of phenolic OH excluding ortho intramolecular Hbond substituents is 2. The number of hydrogen-bond acceptors (Lipinski definition) is 5. The van der Waals surface area contributed by atoms with E-state index in [-0.39, 0.29) is 27.9 Å². The molecule has 0 fully saturated rings. The van der Waals surface area contributed by atoms with Gasteiger partial charge in [0.2, 0.25) is 0 Å². The van der Waals surface area contributed by atoms with Crippen LogP contribution in [0.3, 0.4) is 0 Å². The molecule has 3 rings (SSSR count). The van der Waals surface area contributed by atoms with Gasteiger partial charge in [-0.1, -0.05) is 36.4 Å². The molecule has 0 spiro atoms. The molecular formula is C21H17NO5S. The number of carbonyl (C=O) groups excluding carboxylic acids is 1. The van der Waals surface area contributed by atoms with Crippen LogP contribution in [0, 0.1) is 0 Å². The minimum Gasteiger partial charge on any atom is -0.508 e. The molecule has 6 nitrogen and oxygen atoms in total. The van der Waals surface area contributed by atoms with E-state index in [0.717, 1.165) is 11.6 Å². The zero-order chi connectivity index (χ0) is 20.1. The Kier molecular flexibility index (Phi) is 5.47. The van der Waals surface area contributed by atoms with E-state index in [1.54, 1.807) is 30.3 Å². The summed E-state index contributed by atoms with van der Waals surface area (Å²) in [6.45, 7) is 0. The predicted molar refractivity (Wildman–Crippen MR) is 107 cm³/mol. The highest BCUT2D eigenvalue weighted by Gasteiger charge is 2.15. The summed E-state index contributed by atoms with van der Waals surface area (Å²) >= 11 is 0. The smallest absolute Gasteiger partial charge is 0.262 e. The molecule has 0 saturated heterocycles. The van der Waals surface area contributed by atoms with Gasteiger partial charge in [0.25, 0.3) is 10.0 Å². The normalized spacial score (nSPS) is 11.4. The molecule has 0 bridgehead atoms. The molecule has 0 aliphatic heterocycles. The maximum Gasteiger partial charge on any atom is 0.262 e. The summed E-state index contributed by atoms with van der Waals surface area (Å²) in [5.41, 5.74) is 1.28. The number of phenols is 2. The molecule has 0 heterocycles. The van der Waals surface area contributed by atoms with Crippen LogP contribution in [0.1, 0.15) is 15.9 Å². The summed E-state index contributed by atoms with van der Waals surface area (Å²) < 4.78 is 27.3. The number of anilines is 1. The fourth-order valence-corrected chi connectivity index (χ4v) is 3.54. The van der Waals surface area contributed by atoms with Gasteiger partial charge in [0.15, 0.2) is 5.78 Å². The minimum absolute atomic E-state index is 0.0866. The third-order valence-electron chi connectivity index (χ3n) is 3.85. The Balaban J connectivity index is 1.78. The van der Waals surface area contributed by atoms with E-state index in [4.69, 9.17) is 0 Å². The van der Waals surface area contributed by atoms with Crippen LogP contribution in [-0.4, -0.2) is 24.4 Å². The molecule has 0 amide bonds. The van der Waals surface area contributed by atoms with Crippen LogP contribution in [0.15, 0.2) is 83.8 Å². The third-order valence-corrected chi connectivity index (χ3v) is 5.23. The second-order valence-corrected chi connectivity index (χ2v) is 7.66. The van der Waals surface area contributed by atoms with Crippen LogP contribution in [0.5, 0.6) is 11.5 Å². The lowest BCUT2D eigenvalue weighted by Gasteiger charge is -2.09. The van der Waals surface area contributed by atoms with Crippen LogP contribution in [-0.2, 0) is 10.0 Å². The zero-order valence-corrected chi connectivity index (χ0v) is 15.4. The number of nitrogens with one attached hydrogen (secondary N) is 1. The number of hydrogen-bond donors (Lipinski definition) is 3. The number of benzene rings is 3. The van der Waals surface area contributed by atoms with Gasteiger partial charge in [0.1, 0.15) is 11.5 Å². The first-order chi connectivity index (χ1) is 13.3. The Labute approximate surface area is 162 Å². The van der Waals surface area contributed by atoms with E-state index < -0.39 is 10.0 Å². The van der Waals surface area contributed by atoms with E-state index in [0.29, 0.717) is 5.56 Å². The van der Waals surface area contributed by atoms with Gasteiger partial charge < -0.3 is 10.2 Å². The molecule has 3 aromatic carbocycles. The molecule has 0 unspecified atom stereocenters. The summed E-state index contributed by atoms with van der Waals surface area (Å²) in [4.78, 5) is 12.3. The maximum atomic E-state index is 12.4. The summed E-state index contributed by atoms with van der Waals surface area (Å²) in [5.74, 6) is -0.326. The molecule has 3 aromatic rings. The van der Waals surface area contributed by atoms with Crippen molar-refractivity contribution in [3.8, 4) is 11.5 Å². The van der Waals surface area contributed by atoms with Crippen molar-refractivity contribution in [1.29, 1.82) is 0 Å². The standard InChI is InChI=1S/C21H17NO5S/c23-18-10-7-15(8-11-18)9-12-21(25)16-3-1-4-17(13-16)22-28(26,27)20-6-2-5-19(24)14-20/h1-14,22-24H. The molecule has 0 saturated carbocycles. The molecular weight excluding hydrogens is 378 g/mol. The number of aromatic hydroxyl groups is 2. The van der Waals surface area contributed by atoms with Crippen molar-refractivity contribution in [2.24, 2.45) is 0 Å². The third kappa shape index (κ3) is 4.77. The van der Waals surface area contributed by atoms with Crippen LogP contribution >= 0.6 is 0 Å². The Morgan fingerprint density at radius 3 is 2.29 bits per heavy atom. The molecule has 0 atom stereocenters. The largest absolute Gasteiger partial charge is 0.508 e. The number of carbonyl (C=O) groups is 1. The lowest BCUT2D eigenvalue weighted by molar-refractivity contribution is 0.104. The number of ketones is 1. The highest BCUT2D eigenvalue weighted by Crippen LogP contribution is 2.21. The van der Waals surface area contributed by atoms with E-state index in [9.17, 15) is 23.4 Å². The van der Waals surface area contributed by atoms with Crippen molar-refractivity contribution < 1.29 is 23.4 Å². The average Bonchev–Trinajstić information content (AvgIpc) is 2.67. The van der Waals surface area contributed by atoms with Crippen molar-refractivity contribution in [2.75, 3.05) is 4.72 Å². The van der Waals surface area contributed by atoms with E-state index in [2.05, 4.69) is 4.72 Å². The van der Waals surface area contributed by atoms with Crippen LogP contribution in [0.25, 0.3) is 6.08 Å². The van der Waals surface area contributed by atoms with Gasteiger partial charge in [0.05, 0.1) is 4.90 Å². The van der Waals surface area contributed by atoms with Crippen LogP contribution < -0.4 is 4.72 Å². The van der Waals surface area contributed by atoms with Gasteiger partial charge in [-0.05, 0) is 48.0 Å².